The molecule has 0 aliphatic carbocycles. The minimum atomic E-state index is -0.469. The van der Waals surface area contributed by atoms with E-state index in [2.05, 4.69) is 15.5 Å². The third-order valence-corrected chi connectivity index (χ3v) is 2.49. The zero-order valence-corrected chi connectivity index (χ0v) is 12.0. The summed E-state index contributed by atoms with van der Waals surface area (Å²) in [6, 6.07) is 16.5. The van der Waals surface area contributed by atoms with E-state index < -0.39 is 6.09 Å². The van der Waals surface area contributed by atoms with E-state index in [9.17, 15) is 4.79 Å². The molecule has 0 saturated carbocycles. The van der Waals surface area contributed by atoms with Crippen molar-refractivity contribution in [2.24, 2.45) is 10.2 Å². The lowest BCUT2D eigenvalue weighted by molar-refractivity contribution is 0.130. The molecule has 0 fully saturated rings. The van der Waals surface area contributed by atoms with E-state index >= 15 is 0 Å². The number of hydrogen-bond acceptors (Lipinski definition) is 4. The molecule has 21 heavy (non-hydrogen) atoms. The Balaban J connectivity index is 1.96. The Morgan fingerprint density at radius 3 is 2.10 bits per heavy atom. The third kappa shape index (κ3) is 5.06. The topological polar surface area (TPSA) is 63.0 Å². The van der Waals surface area contributed by atoms with Crippen LogP contribution in [-0.4, -0.2) is 12.2 Å². The van der Waals surface area contributed by atoms with Crippen LogP contribution >= 0.6 is 0 Å². The molecule has 1 N–H and O–H groups in total. The average molecular weight is 283 g/mol. The molecular formula is C16H17N3O2. The molecule has 0 aromatic heterocycles. The van der Waals surface area contributed by atoms with Crippen LogP contribution in [0.15, 0.2) is 64.8 Å². The van der Waals surface area contributed by atoms with Crippen molar-refractivity contribution in [2.45, 2.75) is 20.0 Å². The molecule has 0 heterocycles. The molecule has 5 nitrogen and oxygen atoms in total. The number of amides is 1. The van der Waals surface area contributed by atoms with Crippen LogP contribution in [0, 0.1) is 0 Å². The molecule has 0 atom stereocenters. The first-order chi connectivity index (χ1) is 10.1. The van der Waals surface area contributed by atoms with Crippen molar-refractivity contribution in [3.05, 3.63) is 54.6 Å². The van der Waals surface area contributed by atoms with Gasteiger partial charge in [0, 0.05) is 5.69 Å². The minimum absolute atomic E-state index is 0.149. The van der Waals surface area contributed by atoms with Gasteiger partial charge >= 0.3 is 6.09 Å². The molecule has 0 unspecified atom stereocenters. The third-order valence-electron chi connectivity index (χ3n) is 2.49. The number of rotatable bonds is 4. The van der Waals surface area contributed by atoms with Gasteiger partial charge in [-0.2, -0.15) is 10.2 Å². The summed E-state index contributed by atoms with van der Waals surface area (Å²) in [7, 11) is 0. The quantitative estimate of drug-likeness (QED) is 0.797. The number of ether oxygens (including phenoxy) is 1. The first-order valence-corrected chi connectivity index (χ1v) is 6.68. The van der Waals surface area contributed by atoms with Gasteiger partial charge in [0.15, 0.2) is 0 Å². The van der Waals surface area contributed by atoms with Crippen LogP contribution in [0.25, 0.3) is 0 Å². The molecular weight excluding hydrogens is 266 g/mol. The highest BCUT2D eigenvalue weighted by Crippen LogP contribution is 2.20. The number of carbonyl (C=O) groups is 1. The van der Waals surface area contributed by atoms with Crippen LogP contribution in [0.4, 0.5) is 21.9 Å². The van der Waals surface area contributed by atoms with E-state index in [0.717, 1.165) is 5.69 Å². The Kier molecular flexibility index (Phi) is 5.04. The zero-order chi connectivity index (χ0) is 15.1. The number of anilines is 1. The summed E-state index contributed by atoms with van der Waals surface area (Å²) in [4.78, 5) is 11.4. The van der Waals surface area contributed by atoms with Crippen molar-refractivity contribution < 1.29 is 9.53 Å². The standard InChI is InChI=1S/C16H17N3O2/c1-12(2)21-16(20)17-13-8-10-15(11-9-13)19-18-14-6-4-3-5-7-14/h3-12H,1-2H3,(H,17,20). The Morgan fingerprint density at radius 2 is 1.52 bits per heavy atom. The zero-order valence-electron chi connectivity index (χ0n) is 12.0. The first-order valence-electron chi connectivity index (χ1n) is 6.68. The van der Waals surface area contributed by atoms with E-state index in [1.54, 1.807) is 38.1 Å². The highest BCUT2D eigenvalue weighted by Gasteiger charge is 2.04. The number of nitrogens with zero attached hydrogens (tertiary/aromatic N) is 2. The normalized spacial score (nSPS) is 10.8. The second kappa shape index (κ2) is 7.19. The Hall–Kier alpha value is -2.69. The van der Waals surface area contributed by atoms with E-state index in [1.165, 1.54) is 0 Å². The molecule has 0 radical (unpaired) electrons. The van der Waals surface area contributed by atoms with E-state index in [1.807, 2.05) is 30.3 Å². The lowest BCUT2D eigenvalue weighted by Crippen LogP contribution is -2.17. The molecule has 0 spiro atoms. The molecule has 0 bridgehead atoms. The molecule has 2 aromatic carbocycles. The lowest BCUT2D eigenvalue weighted by atomic mass is 10.3. The van der Waals surface area contributed by atoms with Crippen LogP contribution in [0.2, 0.25) is 0 Å². The first kappa shape index (κ1) is 14.7. The van der Waals surface area contributed by atoms with Gasteiger partial charge in [-0.15, -0.1) is 0 Å². The molecule has 0 aliphatic heterocycles. The summed E-state index contributed by atoms with van der Waals surface area (Å²) < 4.78 is 5.00. The maximum Gasteiger partial charge on any atom is 0.411 e. The van der Waals surface area contributed by atoms with Gasteiger partial charge in [0.1, 0.15) is 0 Å². The van der Waals surface area contributed by atoms with Crippen molar-refractivity contribution in [3.63, 3.8) is 0 Å². The van der Waals surface area contributed by atoms with Crippen LogP contribution in [0.5, 0.6) is 0 Å². The van der Waals surface area contributed by atoms with Gasteiger partial charge in [0.05, 0.1) is 17.5 Å². The SMILES string of the molecule is CC(C)OC(=O)Nc1ccc(N=Nc2ccccc2)cc1. The van der Waals surface area contributed by atoms with Gasteiger partial charge in [-0.3, -0.25) is 5.32 Å². The van der Waals surface area contributed by atoms with E-state index in [4.69, 9.17) is 4.74 Å². The number of carbonyl (C=O) groups excluding carboxylic acids is 1. The molecule has 108 valence electrons. The summed E-state index contributed by atoms with van der Waals surface area (Å²) in [6.45, 7) is 3.60. The smallest absolute Gasteiger partial charge is 0.411 e. The summed E-state index contributed by atoms with van der Waals surface area (Å²) in [6.07, 6.45) is -0.618. The largest absolute Gasteiger partial charge is 0.447 e. The van der Waals surface area contributed by atoms with E-state index in [0.29, 0.717) is 11.4 Å². The van der Waals surface area contributed by atoms with Crippen LogP contribution in [0.3, 0.4) is 0 Å². The van der Waals surface area contributed by atoms with Crippen molar-refractivity contribution >= 4 is 23.2 Å². The monoisotopic (exact) mass is 283 g/mol. The number of hydrogen-bond donors (Lipinski definition) is 1. The summed E-state index contributed by atoms with van der Waals surface area (Å²) >= 11 is 0. The second-order valence-corrected chi connectivity index (χ2v) is 4.66. The van der Waals surface area contributed by atoms with Crippen molar-refractivity contribution in [1.82, 2.24) is 0 Å². The van der Waals surface area contributed by atoms with Crippen LogP contribution in [-0.2, 0) is 4.74 Å². The van der Waals surface area contributed by atoms with Gasteiger partial charge < -0.3 is 4.74 Å². The van der Waals surface area contributed by atoms with Gasteiger partial charge in [-0.1, -0.05) is 18.2 Å². The van der Waals surface area contributed by atoms with E-state index in [-0.39, 0.29) is 6.10 Å². The summed E-state index contributed by atoms with van der Waals surface area (Å²) in [5, 5.41) is 10.9. The fourth-order valence-electron chi connectivity index (χ4n) is 1.58. The number of nitrogens with one attached hydrogen (secondary N) is 1. The molecule has 0 saturated heterocycles. The molecule has 2 rings (SSSR count). The molecule has 5 heteroatoms. The minimum Gasteiger partial charge on any atom is -0.447 e. The van der Waals surface area contributed by atoms with Gasteiger partial charge in [0.25, 0.3) is 0 Å². The maximum atomic E-state index is 11.4. The predicted octanol–water partition coefficient (Wildman–Crippen LogP) is 5.06. The van der Waals surface area contributed by atoms with Crippen LogP contribution < -0.4 is 5.32 Å². The van der Waals surface area contributed by atoms with Crippen LogP contribution in [0.1, 0.15) is 13.8 Å². The molecule has 0 aliphatic rings. The van der Waals surface area contributed by atoms with Gasteiger partial charge in [-0.25, -0.2) is 4.79 Å². The highest BCUT2D eigenvalue weighted by atomic mass is 16.6. The average Bonchev–Trinajstić information content (AvgIpc) is 2.47. The Bertz CT molecular complexity index is 607. The predicted molar refractivity (Wildman–Crippen MR) is 82.3 cm³/mol. The molecule has 1 amide bonds. The van der Waals surface area contributed by atoms with Crippen molar-refractivity contribution in [3.8, 4) is 0 Å². The molecule has 2 aromatic rings. The maximum absolute atomic E-state index is 11.4. The van der Waals surface area contributed by atoms with Gasteiger partial charge in [0.2, 0.25) is 0 Å². The highest BCUT2D eigenvalue weighted by molar-refractivity contribution is 5.84. The fraction of sp³-hybridized carbons (Fsp3) is 0.188. The second-order valence-electron chi connectivity index (χ2n) is 4.66. The lowest BCUT2D eigenvalue weighted by Gasteiger charge is -2.09. The van der Waals surface area contributed by atoms with Gasteiger partial charge in [-0.05, 0) is 50.2 Å². The Morgan fingerprint density at radius 1 is 0.952 bits per heavy atom. The van der Waals surface area contributed by atoms with Crippen molar-refractivity contribution in [2.75, 3.05) is 5.32 Å². The summed E-state index contributed by atoms with van der Waals surface area (Å²) in [5.74, 6) is 0. The number of benzene rings is 2. The van der Waals surface area contributed by atoms with Crippen molar-refractivity contribution in [1.29, 1.82) is 0 Å². The Labute approximate surface area is 123 Å². The fourth-order valence-corrected chi connectivity index (χ4v) is 1.58. The number of azo groups is 1. The summed E-state index contributed by atoms with van der Waals surface area (Å²) in [5.41, 5.74) is 2.15.